The predicted octanol–water partition coefficient (Wildman–Crippen LogP) is 7.16. The molecule has 8 heteroatoms. The van der Waals surface area contributed by atoms with E-state index >= 15 is 0 Å². The molecule has 1 unspecified atom stereocenters. The summed E-state index contributed by atoms with van der Waals surface area (Å²) >= 11 is 9.19. The molecule has 0 aliphatic carbocycles. The molecule has 1 saturated heterocycles. The lowest BCUT2D eigenvalue weighted by Crippen LogP contribution is -2.04. The van der Waals surface area contributed by atoms with Crippen LogP contribution in [0.25, 0.3) is 0 Å². The van der Waals surface area contributed by atoms with E-state index in [0.717, 1.165) is 10.5 Å². The van der Waals surface area contributed by atoms with Gasteiger partial charge in [0.1, 0.15) is 6.10 Å². The highest BCUT2D eigenvalue weighted by molar-refractivity contribution is 8.99. The van der Waals surface area contributed by atoms with Gasteiger partial charge in [0.05, 0.1) is 10.2 Å². The summed E-state index contributed by atoms with van der Waals surface area (Å²) in [6, 6.07) is 26.9. The molecule has 3 aromatic carbocycles. The van der Waals surface area contributed by atoms with Crippen molar-refractivity contribution < 1.29 is 9.45 Å². The summed E-state index contributed by atoms with van der Waals surface area (Å²) in [7, 11) is 0. The molecule has 3 atom stereocenters. The van der Waals surface area contributed by atoms with Gasteiger partial charge in [-0.25, -0.2) is 0 Å². The van der Waals surface area contributed by atoms with Crippen molar-refractivity contribution in [2.24, 2.45) is 0 Å². The number of benzene rings is 3. The second-order valence-corrected chi connectivity index (χ2v) is 16.5. The summed E-state index contributed by atoms with van der Waals surface area (Å²) in [5.74, 6) is 0. The maximum Gasteiger partial charge on any atom is 0.269 e. The van der Waals surface area contributed by atoms with E-state index in [2.05, 4.69) is 24.3 Å². The molecule has 0 radical (unpaired) electrons. The van der Waals surface area contributed by atoms with Crippen LogP contribution in [0.2, 0.25) is 0 Å². The van der Waals surface area contributed by atoms with E-state index in [1.807, 2.05) is 36.4 Å². The average Bonchev–Trinajstić information content (AvgIpc) is 3.07. The number of nitrogens with zero attached hydrogens (tertiary/aromatic N) is 1. The Morgan fingerprint density at radius 3 is 2.07 bits per heavy atom. The van der Waals surface area contributed by atoms with Crippen molar-refractivity contribution in [3.63, 3.8) is 0 Å². The Balaban J connectivity index is 1.63. The Kier molecular flexibility index (Phi) is 5.90. The molecule has 3 aromatic rings. The first kappa shape index (κ1) is 19.7. The molecule has 0 spiro atoms. The minimum absolute atomic E-state index is 0.0745. The van der Waals surface area contributed by atoms with Crippen LogP contribution in [0.3, 0.4) is 0 Å². The second kappa shape index (κ2) is 8.39. The third-order valence-corrected chi connectivity index (χ3v) is 12.9. The molecule has 0 amide bonds. The van der Waals surface area contributed by atoms with E-state index in [-0.39, 0.29) is 17.0 Å². The summed E-state index contributed by atoms with van der Waals surface area (Å²) in [5.41, 5.74) is 2.38. The van der Waals surface area contributed by atoms with Crippen molar-refractivity contribution in [1.82, 2.24) is 0 Å². The van der Waals surface area contributed by atoms with Gasteiger partial charge in [-0.05, 0) is 35.1 Å². The Morgan fingerprint density at radius 1 is 0.929 bits per heavy atom. The van der Waals surface area contributed by atoms with Gasteiger partial charge in [0.15, 0.2) is 4.67 Å². The molecule has 142 valence electrons. The van der Waals surface area contributed by atoms with Gasteiger partial charge in [0.25, 0.3) is 5.69 Å². The molecule has 4 rings (SSSR count). The molecule has 1 aliphatic heterocycles. The third kappa shape index (κ3) is 4.34. The maximum atomic E-state index is 10.9. The van der Waals surface area contributed by atoms with Gasteiger partial charge in [0.2, 0.25) is 0 Å². The minimum Gasteiger partial charge on any atom is -0.324 e. The first-order chi connectivity index (χ1) is 13.5. The van der Waals surface area contributed by atoms with Crippen LogP contribution in [-0.4, -0.2) is 4.92 Å². The van der Waals surface area contributed by atoms with Crippen molar-refractivity contribution in [1.29, 1.82) is 0 Å². The van der Waals surface area contributed by atoms with Gasteiger partial charge < -0.3 is 4.52 Å². The van der Waals surface area contributed by atoms with E-state index in [0.29, 0.717) is 0 Å². The fourth-order valence-corrected chi connectivity index (χ4v) is 12.6. The average molecular weight is 446 g/mol. The monoisotopic (exact) mass is 445 g/mol. The fourth-order valence-electron chi connectivity index (χ4n) is 2.97. The number of nitro groups is 1. The normalized spacial score (nSPS) is 24.1. The molecule has 1 fully saturated rings. The maximum absolute atomic E-state index is 10.9. The highest BCUT2D eigenvalue weighted by atomic mass is 33.2. The van der Waals surface area contributed by atoms with Crippen molar-refractivity contribution in [2.45, 2.75) is 16.2 Å². The number of rotatable bonds is 5. The van der Waals surface area contributed by atoms with E-state index in [1.165, 1.54) is 29.1 Å². The molecular weight excluding hydrogens is 429 g/mol. The lowest BCUT2D eigenvalue weighted by Gasteiger charge is -2.18. The van der Waals surface area contributed by atoms with Gasteiger partial charge in [-0.2, -0.15) is 0 Å². The summed E-state index contributed by atoms with van der Waals surface area (Å²) in [4.78, 5) is 11.4. The predicted molar refractivity (Wildman–Crippen MR) is 120 cm³/mol. The number of non-ortho nitro benzene ring substituents is 1. The molecule has 0 bridgehead atoms. The van der Waals surface area contributed by atoms with Crippen molar-refractivity contribution >= 4 is 44.9 Å². The molecule has 0 aromatic heterocycles. The Labute approximate surface area is 176 Å². The zero-order valence-corrected chi connectivity index (χ0v) is 17.9. The van der Waals surface area contributed by atoms with E-state index in [9.17, 15) is 10.1 Å². The number of hydrogen-bond acceptors (Lipinski definition) is 6. The Bertz CT molecular complexity index is 964. The summed E-state index contributed by atoms with van der Waals surface area (Å²) < 4.78 is 4.22. The SMILES string of the molecule is O=[N+]([O-])c1ccc(SP2(=S)O[C@H](c3ccccc3)[C@H](c3ccccc3)S2)cc1. The van der Waals surface area contributed by atoms with E-state index < -0.39 is 9.59 Å². The molecular formula is C20H16NO3PS3. The van der Waals surface area contributed by atoms with Crippen molar-refractivity contribution in [3.8, 4) is 0 Å². The molecule has 0 saturated carbocycles. The lowest BCUT2D eigenvalue weighted by atomic mass is 10.0. The quantitative estimate of drug-likeness (QED) is 0.236. The van der Waals surface area contributed by atoms with Gasteiger partial charge >= 0.3 is 0 Å². The third-order valence-electron chi connectivity index (χ3n) is 4.28. The second-order valence-electron chi connectivity index (χ2n) is 6.16. The highest BCUT2D eigenvalue weighted by Gasteiger charge is 2.43. The standard InChI is InChI=1S/C20H16NO3PS3/c22-21(23)17-11-13-18(14-12-17)27-25(26)24-19(15-7-3-1-4-8-15)20(28-25)16-9-5-2-6-10-16/h1-14,19-20H/t19-,20+,25?/m1/s1. The van der Waals surface area contributed by atoms with Gasteiger partial charge in [0, 0.05) is 17.0 Å². The summed E-state index contributed by atoms with van der Waals surface area (Å²) in [6.45, 7) is 0. The molecule has 0 N–H and O–H groups in total. The lowest BCUT2D eigenvalue weighted by molar-refractivity contribution is -0.384. The first-order valence-electron chi connectivity index (χ1n) is 8.55. The smallest absolute Gasteiger partial charge is 0.269 e. The van der Waals surface area contributed by atoms with Gasteiger partial charge in [-0.1, -0.05) is 83.4 Å². The van der Waals surface area contributed by atoms with Crippen LogP contribution in [0, 0.1) is 10.1 Å². The van der Waals surface area contributed by atoms with Crippen LogP contribution in [0.1, 0.15) is 22.5 Å². The summed E-state index contributed by atoms with van der Waals surface area (Å²) in [6.07, 6.45) is -0.120. The molecule has 1 aliphatic rings. The van der Waals surface area contributed by atoms with Crippen molar-refractivity contribution in [2.75, 3.05) is 0 Å². The van der Waals surface area contributed by atoms with Crippen molar-refractivity contribution in [3.05, 3.63) is 106 Å². The van der Waals surface area contributed by atoms with Crippen LogP contribution in [0.4, 0.5) is 5.69 Å². The zero-order valence-electron chi connectivity index (χ0n) is 14.6. The Hall–Kier alpha value is -1.63. The first-order valence-corrected chi connectivity index (χ1v) is 14.2. The zero-order chi connectivity index (χ0) is 19.6. The largest absolute Gasteiger partial charge is 0.324 e. The van der Waals surface area contributed by atoms with Gasteiger partial charge in [-0.3, -0.25) is 10.1 Å². The molecule has 4 nitrogen and oxygen atoms in total. The fraction of sp³-hybridized carbons (Fsp3) is 0.100. The van der Waals surface area contributed by atoms with Crippen LogP contribution < -0.4 is 0 Å². The van der Waals surface area contributed by atoms with Crippen LogP contribution >= 0.6 is 27.4 Å². The Morgan fingerprint density at radius 2 is 1.50 bits per heavy atom. The van der Waals surface area contributed by atoms with Gasteiger partial charge in [-0.15, -0.1) is 0 Å². The van der Waals surface area contributed by atoms with E-state index in [1.54, 1.807) is 23.5 Å². The topological polar surface area (TPSA) is 52.4 Å². The molecule has 1 heterocycles. The van der Waals surface area contributed by atoms with Crippen LogP contribution in [0.15, 0.2) is 89.8 Å². The van der Waals surface area contributed by atoms with Crippen LogP contribution in [0.5, 0.6) is 0 Å². The summed E-state index contributed by atoms with van der Waals surface area (Å²) in [5, 5.41) is 11.0. The van der Waals surface area contributed by atoms with E-state index in [4.69, 9.17) is 16.3 Å². The number of nitro benzene ring substituents is 1. The van der Waals surface area contributed by atoms with Crippen LogP contribution in [-0.2, 0) is 16.3 Å². The minimum atomic E-state index is -2.28. The molecule has 28 heavy (non-hydrogen) atoms. The highest BCUT2D eigenvalue weighted by Crippen LogP contribution is 2.83. The number of hydrogen-bond donors (Lipinski definition) is 0.